The first-order valence-corrected chi connectivity index (χ1v) is 9.25. The molecule has 2 bridgehead atoms. The lowest BCUT2D eigenvalue weighted by Crippen LogP contribution is -2.29. The minimum Gasteiger partial charge on any atom is -0.488 e. The van der Waals surface area contributed by atoms with Gasteiger partial charge in [-0.25, -0.2) is 9.67 Å². The van der Waals surface area contributed by atoms with Crippen LogP contribution in [0.4, 0.5) is 0 Å². The van der Waals surface area contributed by atoms with Gasteiger partial charge in [0.2, 0.25) is 0 Å². The molecule has 2 aromatic rings. The summed E-state index contributed by atoms with van der Waals surface area (Å²) in [5.41, 5.74) is 1.23. The summed E-state index contributed by atoms with van der Waals surface area (Å²) in [5.74, 6) is 1.20. The number of aromatic nitrogens is 3. The predicted molar refractivity (Wildman–Crippen MR) is 97.9 cm³/mol. The van der Waals surface area contributed by atoms with Crippen molar-refractivity contribution in [2.75, 3.05) is 0 Å². The van der Waals surface area contributed by atoms with E-state index in [9.17, 15) is 5.11 Å². The average Bonchev–Trinajstić information content (AvgIpc) is 3.11. The van der Waals surface area contributed by atoms with E-state index in [1.165, 1.54) is 11.9 Å². The first kappa shape index (κ1) is 18.9. The maximum Gasteiger partial charge on any atom is 0.137 e. The molecule has 2 aliphatic heterocycles. The SMILES string of the molecule is Brc1cc2ccc1OC2.CCCCC(C(O)C(C)C)n1cncn1. The number of rotatable bonds is 6. The van der Waals surface area contributed by atoms with Gasteiger partial charge in [-0.05, 0) is 46.0 Å². The van der Waals surface area contributed by atoms with Crippen LogP contribution < -0.4 is 4.74 Å². The molecular formula is C18H26BrN3O2. The highest BCUT2D eigenvalue weighted by atomic mass is 79.9. The van der Waals surface area contributed by atoms with Crippen LogP contribution in [-0.2, 0) is 6.61 Å². The Morgan fingerprint density at radius 2 is 2.17 bits per heavy atom. The molecular weight excluding hydrogens is 370 g/mol. The number of halogens is 1. The van der Waals surface area contributed by atoms with Crippen molar-refractivity contribution in [2.24, 2.45) is 5.92 Å². The smallest absolute Gasteiger partial charge is 0.137 e. The highest BCUT2D eigenvalue weighted by Gasteiger charge is 2.23. The van der Waals surface area contributed by atoms with Gasteiger partial charge in [-0.3, -0.25) is 0 Å². The zero-order valence-corrected chi connectivity index (χ0v) is 16.1. The largest absolute Gasteiger partial charge is 0.488 e. The third kappa shape index (κ3) is 5.05. The van der Waals surface area contributed by atoms with Crippen LogP contribution in [0.25, 0.3) is 0 Å². The van der Waals surface area contributed by atoms with E-state index in [0.717, 1.165) is 36.1 Å². The van der Waals surface area contributed by atoms with Crippen molar-refractivity contribution in [3.63, 3.8) is 0 Å². The fourth-order valence-electron chi connectivity index (χ4n) is 2.62. The van der Waals surface area contributed by atoms with Gasteiger partial charge < -0.3 is 9.84 Å². The van der Waals surface area contributed by atoms with Gasteiger partial charge in [-0.2, -0.15) is 5.10 Å². The molecule has 0 spiro atoms. The Morgan fingerprint density at radius 1 is 1.38 bits per heavy atom. The Labute approximate surface area is 152 Å². The highest BCUT2D eigenvalue weighted by Crippen LogP contribution is 2.30. The Morgan fingerprint density at radius 3 is 2.54 bits per heavy atom. The van der Waals surface area contributed by atoms with Gasteiger partial charge >= 0.3 is 0 Å². The van der Waals surface area contributed by atoms with E-state index in [0.29, 0.717) is 0 Å². The fourth-order valence-corrected chi connectivity index (χ4v) is 3.16. The molecule has 24 heavy (non-hydrogen) atoms. The lowest BCUT2D eigenvalue weighted by atomic mass is 9.96. The van der Waals surface area contributed by atoms with Gasteiger partial charge in [-0.1, -0.05) is 39.7 Å². The summed E-state index contributed by atoms with van der Waals surface area (Å²) in [6.45, 7) is 6.95. The van der Waals surface area contributed by atoms with Crippen LogP contribution in [-0.4, -0.2) is 26.0 Å². The summed E-state index contributed by atoms with van der Waals surface area (Å²) in [7, 11) is 0. The van der Waals surface area contributed by atoms with E-state index in [2.05, 4.69) is 45.1 Å². The quantitative estimate of drug-likeness (QED) is 0.788. The van der Waals surface area contributed by atoms with Crippen LogP contribution in [0.15, 0.2) is 35.3 Å². The Balaban J connectivity index is 0.000000194. The minimum atomic E-state index is -0.349. The number of unbranched alkanes of at least 4 members (excludes halogenated alkanes) is 1. The number of hydrogen-bond acceptors (Lipinski definition) is 4. The molecule has 2 atom stereocenters. The summed E-state index contributed by atoms with van der Waals surface area (Å²) < 4.78 is 8.11. The van der Waals surface area contributed by atoms with E-state index in [-0.39, 0.29) is 18.1 Å². The monoisotopic (exact) mass is 395 g/mol. The fraction of sp³-hybridized carbons (Fsp3) is 0.556. The zero-order valence-electron chi connectivity index (χ0n) is 14.5. The Hall–Kier alpha value is -1.40. The third-order valence-corrected chi connectivity index (χ3v) is 4.72. The number of fused-ring (bicyclic) bond motifs is 3. The van der Waals surface area contributed by atoms with Crippen LogP contribution >= 0.6 is 15.9 Å². The number of hydrogen-bond donors (Lipinski definition) is 1. The van der Waals surface area contributed by atoms with E-state index in [1.807, 2.05) is 19.9 Å². The molecule has 1 N–H and O–H groups in total. The van der Waals surface area contributed by atoms with Crippen LogP contribution in [0.1, 0.15) is 51.6 Å². The molecule has 1 aromatic carbocycles. The summed E-state index contributed by atoms with van der Waals surface area (Å²) in [5, 5.41) is 14.2. The van der Waals surface area contributed by atoms with Gasteiger partial charge in [0.1, 0.15) is 25.0 Å². The van der Waals surface area contributed by atoms with Crippen molar-refractivity contribution < 1.29 is 9.84 Å². The molecule has 0 aliphatic carbocycles. The van der Waals surface area contributed by atoms with Gasteiger partial charge in [0, 0.05) is 0 Å². The van der Waals surface area contributed by atoms with Crippen molar-refractivity contribution in [1.29, 1.82) is 0 Å². The van der Waals surface area contributed by atoms with Gasteiger partial charge in [0.15, 0.2) is 0 Å². The molecule has 4 rings (SSSR count). The summed E-state index contributed by atoms with van der Waals surface area (Å²) in [4.78, 5) is 3.93. The van der Waals surface area contributed by atoms with Gasteiger partial charge in [0.05, 0.1) is 16.6 Å². The van der Waals surface area contributed by atoms with Crippen molar-refractivity contribution in [3.8, 4) is 5.75 Å². The van der Waals surface area contributed by atoms with Crippen molar-refractivity contribution in [3.05, 3.63) is 40.9 Å². The number of aliphatic hydroxyl groups excluding tert-OH is 1. The van der Waals surface area contributed by atoms with Gasteiger partial charge in [-0.15, -0.1) is 0 Å². The molecule has 0 radical (unpaired) electrons. The molecule has 0 amide bonds. The van der Waals surface area contributed by atoms with E-state index in [1.54, 1.807) is 11.0 Å². The van der Waals surface area contributed by atoms with E-state index < -0.39 is 0 Å². The molecule has 132 valence electrons. The molecule has 0 saturated carbocycles. The molecule has 0 saturated heterocycles. The number of nitrogens with zero attached hydrogens (tertiary/aromatic N) is 3. The lowest BCUT2D eigenvalue weighted by Gasteiger charge is -2.25. The third-order valence-electron chi connectivity index (χ3n) is 4.10. The number of ether oxygens (including phenoxy) is 1. The van der Waals surface area contributed by atoms with E-state index in [4.69, 9.17) is 4.74 Å². The second-order valence-electron chi connectivity index (χ2n) is 6.37. The van der Waals surface area contributed by atoms with Crippen molar-refractivity contribution >= 4 is 15.9 Å². The number of aliphatic hydroxyl groups is 1. The lowest BCUT2D eigenvalue weighted by molar-refractivity contribution is 0.0587. The topological polar surface area (TPSA) is 60.2 Å². The standard InChI is InChI=1S/C11H21N3O.C7H5BrO/c1-4-5-6-10(11(15)9(2)3)14-8-12-7-13-14;8-6-3-5-1-2-7(6)9-4-5/h7-11,15H,4-6H2,1-3H3;1-3H,4H2. The summed E-state index contributed by atoms with van der Waals surface area (Å²) in [6.07, 6.45) is 6.06. The maximum absolute atomic E-state index is 10.1. The second-order valence-corrected chi connectivity index (χ2v) is 7.23. The van der Waals surface area contributed by atoms with Crippen LogP contribution in [0.5, 0.6) is 5.75 Å². The van der Waals surface area contributed by atoms with Crippen LogP contribution in [0.3, 0.4) is 0 Å². The van der Waals surface area contributed by atoms with E-state index >= 15 is 0 Å². The highest BCUT2D eigenvalue weighted by molar-refractivity contribution is 9.10. The molecule has 2 unspecified atom stereocenters. The van der Waals surface area contributed by atoms with Crippen LogP contribution in [0, 0.1) is 5.92 Å². The molecule has 3 heterocycles. The first-order chi connectivity index (χ1) is 11.5. The van der Waals surface area contributed by atoms with Gasteiger partial charge in [0.25, 0.3) is 0 Å². The molecule has 0 fully saturated rings. The molecule has 2 aliphatic rings. The first-order valence-electron chi connectivity index (χ1n) is 8.46. The zero-order chi connectivity index (χ0) is 17.5. The molecule has 6 heteroatoms. The summed E-state index contributed by atoms with van der Waals surface area (Å²) >= 11 is 3.37. The minimum absolute atomic E-state index is 0.0625. The predicted octanol–water partition coefficient (Wildman–Crippen LogP) is 4.37. The van der Waals surface area contributed by atoms with Crippen LogP contribution in [0.2, 0.25) is 0 Å². The second kappa shape index (κ2) is 9.18. The average molecular weight is 396 g/mol. The van der Waals surface area contributed by atoms with Crippen molar-refractivity contribution in [1.82, 2.24) is 14.8 Å². The maximum atomic E-state index is 10.1. The normalized spacial score (nSPS) is 14.8. The Kier molecular flexibility index (Phi) is 7.24. The Bertz CT molecular complexity index is 617. The van der Waals surface area contributed by atoms with Crippen molar-refractivity contribution in [2.45, 2.75) is 58.8 Å². The number of benzene rings is 1. The molecule has 1 aromatic heterocycles. The molecule has 5 nitrogen and oxygen atoms in total. The summed E-state index contributed by atoms with van der Waals surface area (Å²) in [6, 6.07) is 6.19.